The lowest BCUT2D eigenvalue weighted by atomic mass is 10.0. The Labute approximate surface area is 108 Å². The van der Waals surface area contributed by atoms with Crippen LogP contribution in [0.15, 0.2) is 18.2 Å². The van der Waals surface area contributed by atoms with Crippen LogP contribution in [-0.4, -0.2) is 21.8 Å². The number of nitro benzene ring substituents is 1. The van der Waals surface area contributed by atoms with Gasteiger partial charge in [-0.2, -0.15) is 0 Å². The van der Waals surface area contributed by atoms with Gasteiger partial charge in [0, 0.05) is 37.0 Å². The van der Waals surface area contributed by atoms with Crippen molar-refractivity contribution >= 4 is 17.4 Å². The molecule has 0 atom stereocenters. The fourth-order valence-corrected chi connectivity index (χ4v) is 1.55. The predicted molar refractivity (Wildman–Crippen MR) is 63.3 cm³/mol. The molecular formula is C12H12FNO5. The highest BCUT2D eigenvalue weighted by molar-refractivity contribution is 5.81. The van der Waals surface area contributed by atoms with Gasteiger partial charge in [-0.15, -0.1) is 0 Å². The summed E-state index contributed by atoms with van der Waals surface area (Å²) in [4.78, 5) is 31.6. The van der Waals surface area contributed by atoms with Crippen LogP contribution in [0, 0.1) is 15.9 Å². The topological polar surface area (TPSA) is 97.5 Å². The summed E-state index contributed by atoms with van der Waals surface area (Å²) in [6.45, 7) is 0. The van der Waals surface area contributed by atoms with Gasteiger partial charge in [0.25, 0.3) is 5.69 Å². The van der Waals surface area contributed by atoms with E-state index in [4.69, 9.17) is 5.11 Å². The maximum Gasteiger partial charge on any atom is 0.303 e. The summed E-state index contributed by atoms with van der Waals surface area (Å²) in [6.07, 6.45) is -0.227. The maximum absolute atomic E-state index is 13.4. The molecule has 0 bridgehead atoms. The second kappa shape index (κ2) is 6.58. The molecule has 0 saturated heterocycles. The first-order valence-corrected chi connectivity index (χ1v) is 5.56. The van der Waals surface area contributed by atoms with Crippen molar-refractivity contribution in [2.24, 2.45) is 0 Å². The molecule has 1 N–H and O–H groups in total. The molecule has 0 aliphatic carbocycles. The smallest absolute Gasteiger partial charge is 0.303 e. The van der Waals surface area contributed by atoms with Crippen LogP contribution in [0.2, 0.25) is 0 Å². The van der Waals surface area contributed by atoms with Crippen molar-refractivity contribution in [3.8, 4) is 0 Å². The van der Waals surface area contributed by atoms with E-state index in [1.807, 2.05) is 0 Å². The molecule has 0 fully saturated rings. The van der Waals surface area contributed by atoms with E-state index in [0.29, 0.717) is 0 Å². The Morgan fingerprint density at radius 1 is 1.32 bits per heavy atom. The first-order chi connectivity index (χ1) is 8.90. The van der Waals surface area contributed by atoms with Crippen LogP contribution in [-0.2, 0) is 16.0 Å². The minimum Gasteiger partial charge on any atom is -0.481 e. The number of Topliss-reactive ketones (excluding diaryl/α,β-unsaturated/α-hetero) is 1. The highest BCUT2D eigenvalue weighted by Crippen LogP contribution is 2.18. The fraction of sp³-hybridized carbons (Fsp3) is 0.333. The Morgan fingerprint density at radius 3 is 2.58 bits per heavy atom. The van der Waals surface area contributed by atoms with E-state index in [2.05, 4.69) is 0 Å². The van der Waals surface area contributed by atoms with Crippen LogP contribution in [0.5, 0.6) is 0 Å². The number of hydrogen-bond donors (Lipinski definition) is 1. The molecule has 0 unspecified atom stereocenters. The van der Waals surface area contributed by atoms with Crippen molar-refractivity contribution in [3.05, 3.63) is 39.7 Å². The van der Waals surface area contributed by atoms with Crippen LogP contribution in [0.4, 0.5) is 10.1 Å². The molecule has 0 aliphatic rings. The number of ketones is 1. The lowest BCUT2D eigenvalue weighted by molar-refractivity contribution is -0.385. The molecule has 19 heavy (non-hydrogen) atoms. The Balaban J connectivity index is 2.65. The number of carboxylic acids is 1. The van der Waals surface area contributed by atoms with Crippen molar-refractivity contribution in [2.45, 2.75) is 25.7 Å². The van der Waals surface area contributed by atoms with Crippen LogP contribution < -0.4 is 0 Å². The van der Waals surface area contributed by atoms with Gasteiger partial charge in [-0.25, -0.2) is 4.39 Å². The van der Waals surface area contributed by atoms with Crippen LogP contribution >= 0.6 is 0 Å². The van der Waals surface area contributed by atoms with Crippen molar-refractivity contribution in [1.82, 2.24) is 0 Å². The zero-order chi connectivity index (χ0) is 14.4. The number of carbonyl (C=O) groups is 2. The molecular weight excluding hydrogens is 257 g/mol. The molecule has 7 heteroatoms. The summed E-state index contributed by atoms with van der Waals surface area (Å²) in [7, 11) is 0. The van der Waals surface area contributed by atoms with Gasteiger partial charge in [-0.1, -0.05) is 0 Å². The lowest BCUT2D eigenvalue weighted by Crippen LogP contribution is -2.06. The van der Waals surface area contributed by atoms with E-state index in [9.17, 15) is 24.1 Å². The molecule has 0 aromatic heterocycles. The van der Waals surface area contributed by atoms with Gasteiger partial charge in [0.2, 0.25) is 0 Å². The highest BCUT2D eigenvalue weighted by atomic mass is 19.1. The molecule has 6 nitrogen and oxygen atoms in total. The first kappa shape index (κ1) is 14.7. The van der Waals surface area contributed by atoms with Gasteiger partial charge in [0.15, 0.2) is 0 Å². The quantitative estimate of drug-likeness (QED) is 0.603. The van der Waals surface area contributed by atoms with Crippen molar-refractivity contribution < 1.29 is 24.0 Å². The number of nitrogens with zero attached hydrogens (tertiary/aromatic N) is 1. The van der Waals surface area contributed by atoms with Crippen molar-refractivity contribution in [1.29, 1.82) is 0 Å². The number of carboxylic acid groups (broad SMARTS) is 1. The summed E-state index contributed by atoms with van der Waals surface area (Å²) in [5.74, 6) is -2.04. The Bertz CT molecular complexity index is 515. The summed E-state index contributed by atoms with van der Waals surface area (Å²) in [6, 6.07) is 2.98. The molecule has 0 aliphatic heterocycles. The lowest BCUT2D eigenvalue weighted by Gasteiger charge is -2.02. The monoisotopic (exact) mass is 269 g/mol. The van der Waals surface area contributed by atoms with E-state index in [-0.39, 0.29) is 42.7 Å². The van der Waals surface area contributed by atoms with Crippen LogP contribution in [0.25, 0.3) is 0 Å². The van der Waals surface area contributed by atoms with E-state index >= 15 is 0 Å². The third kappa shape index (κ3) is 4.82. The molecule has 1 aromatic rings. The summed E-state index contributed by atoms with van der Waals surface area (Å²) < 4.78 is 13.4. The normalized spacial score (nSPS) is 10.2. The third-order valence-electron chi connectivity index (χ3n) is 2.47. The van der Waals surface area contributed by atoms with E-state index < -0.39 is 16.7 Å². The second-order valence-corrected chi connectivity index (χ2v) is 4.00. The Morgan fingerprint density at radius 2 is 2.00 bits per heavy atom. The Kier molecular flexibility index (Phi) is 5.11. The number of rotatable bonds is 7. The number of aliphatic carboxylic acids is 1. The molecule has 0 spiro atoms. The zero-order valence-electron chi connectivity index (χ0n) is 9.97. The number of hydrogen-bond acceptors (Lipinski definition) is 4. The number of halogens is 1. The maximum atomic E-state index is 13.4. The van der Waals surface area contributed by atoms with Gasteiger partial charge in [-0.3, -0.25) is 19.7 Å². The fourth-order valence-electron chi connectivity index (χ4n) is 1.55. The molecule has 0 amide bonds. The Hall–Kier alpha value is -2.31. The third-order valence-corrected chi connectivity index (χ3v) is 2.47. The number of benzene rings is 1. The summed E-state index contributed by atoms with van der Waals surface area (Å²) >= 11 is 0. The highest BCUT2D eigenvalue weighted by Gasteiger charge is 2.14. The van der Waals surface area contributed by atoms with Crippen LogP contribution in [0.1, 0.15) is 24.8 Å². The predicted octanol–water partition coefficient (Wildman–Crippen LogP) is 2.10. The molecule has 0 radical (unpaired) electrons. The summed E-state index contributed by atoms with van der Waals surface area (Å²) in [5.41, 5.74) is -0.329. The minimum atomic E-state index is -1.01. The van der Waals surface area contributed by atoms with Crippen molar-refractivity contribution in [3.63, 3.8) is 0 Å². The molecule has 0 heterocycles. The van der Waals surface area contributed by atoms with E-state index in [1.54, 1.807) is 0 Å². The molecule has 1 rings (SSSR count). The van der Waals surface area contributed by atoms with Gasteiger partial charge < -0.3 is 5.11 Å². The second-order valence-electron chi connectivity index (χ2n) is 4.00. The van der Waals surface area contributed by atoms with E-state index in [1.165, 1.54) is 0 Å². The number of carbonyl (C=O) groups excluding carboxylic acids is 1. The van der Waals surface area contributed by atoms with Crippen LogP contribution in [0.3, 0.4) is 0 Å². The SMILES string of the molecule is O=C(O)CCCC(=O)Cc1cc([N+](=O)[O-])ccc1F. The van der Waals surface area contributed by atoms with Gasteiger partial charge in [-0.05, 0) is 12.5 Å². The molecule has 102 valence electrons. The molecule has 0 saturated carbocycles. The van der Waals surface area contributed by atoms with Gasteiger partial charge in [0.05, 0.1) is 4.92 Å². The zero-order valence-corrected chi connectivity index (χ0v) is 9.97. The first-order valence-electron chi connectivity index (χ1n) is 5.56. The minimum absolute atomic E-state index is 0.00836. The molecule has 1 aromatic carbocycles. The van der Waals surface area contributed by atoms with Gasteiger partial charge >= 0.3 is 5.97 Å². The number of nitro groups is 1. The summed E-state index contributed by atoms with van der Waals surface area (Å²) in [5, 5.41) is 18.9. The average Bonchev–Trinajstić information content (AvgIpc) is 2.31. The van der Waals surface area contributed by atoms with Gasteiger partial charge in [0.1, 0.15) is 11.6 Å². The largest absolute Gasteiger partial charge is 0.481 e. The van der Waals surface area contributed by atoms with Crippen molar-refractivity contribution in [2.75, 3.05) is 0 Å². The van der Waals surface area contributed by atoms with E-state index in [0.717, 1.165) is 18.2 Å². The average molecular weight is 269 g/mol. The number of non-ortho nitro benzene ring substituents is 1. The standard InChI is InChI=1S/C12H12FNO5/c13-11-5-4-9(14(18)19)6-8(11)7-10(15)2-1-3-12(16)17/h4-6H,1-3,7H2,(H,16,17).